The molecule has 0 fully saturated rings. The van der Waals surface area contributed by atoms with E-state index in [1.807, 2.05) is 0 Å². The van der Waals surface area contributed by atoms with Crippen LogP contribution in [0.2, 0.25) is 0 Å². The molecule has 118 valence electrons. The molecule has 0 atom stereocenters. The van der Waals surface area contributed by atoms with Crippen LogP contribution in [0, 0.1) is 17.5 Å². The smallest absolute Gasteiger partial charge is 0.416 e. The fraction of sp³-hybridized carbons (Fsp3) is 0.0769. The van der Waals surface area contributed by atoms with Crippen LogP contribution in [0.3, 0.4) is 0 Å². The van der Waals surface area contributed by atoms with E-state index in [4.69, 9.17) is 5.73 Å². The monoisotopic (exact) mass is 385 g/mol. The second-order valence-corrected chi connectivity index (χ2v) is 5.09. The largest absolute Gasteiger partial charge is 0.446 e. The average molecular weight is 386 g/mol. The van der Waals surface area contributed by atoms with Crippen molar-refractivity contribution in [3.63, 3.8) is 0 Å². The van der Waals surface area contributed by atoms with Crippen LogP contribution >= 0.6 is 15.9 Å². The van der Waals surface area contributed by atoms with Gasteiger partial charge in [-0.1, -0.05) is 15.9 Å². The van der Waals surface area contributed by atoms with Gasteiger partial charge < -0.3 is 10.5 Å². The quantitative estimate of drug-likeness (QED) is 0.565. The molecule has 0 aliphatic rings. The van der Waals surface area contributed by atoms with Gasteiger partial charge in [0.15, 0.2) is 29.0 Å². The summed E-state index contributed by atoms with van der Waals surface area (Å²) in [7, 11) is 0. The lowest BCUT2D eigenvalue weighted by Gasteiger charge is -2.13. The van der Waals surface area contributed by atoms with Crippen LogP contribution in [-0.2, 0) is 6.18 Å². The zero-order chi connectivity index (χ0) is 16.7. The third-order valence-corrected chi connectivity index (χ3v) is 3.02. The summed E-state index contributed by atoms with van der Waals surface area (Å²) < 4.78 is 83.1. The number of benzene rings is 2. The number of hydrogen-bond donors (Lipinski definition) is 1. The molecule has 0 radical (unpaired) electrons. The normalized spacial score (nSPS) is 11.6. The number of alkyl halides is 3. The minimum absolute atomic E-state index is 0.0470. The van der Waals surface area contributed by atoms with E-state index in [0.29, 0.717) is 0 Å². The summed E-state index contributed by atoms with van der Waals surface area (Å²) in [4.78, 5) is 0. The van der Waals surface area contributed by atoms with Crippen LogP contribution in [0.25, 0.3) is 0 Å². The first kappa shape index (κ1) is 16.5. The molecular formula is C13H6BrF6NO. The average Bonchev–Trinajstić information content (AvgIpc) is 2.34. The highest BCUT2D eigenvalue weighted by Gasteiger charge is 2.33. The van der Waals surface area contributed by atoms with Crippen molar-refractivity contribution < 1.29 is 31.1 Å². The molecule has 2 rings (SSSR count). The summed E-state index contributed by atoms with van der Waals surface area (Å²) in [5.41, 5.74) is 3.63. The second-order valence-electron chi connectivity index (χ2n) is 4.17. The zero-order valence-electron chi connectivity index (χ0n) is 10.4. The van der Waals surface area contributed by atoms with Gasteiger partial charge in [0.25, 0.3) is 0 Å². The Kier molecular flexibility index (Phi) is 4.28. The predicted molar refractivity (Wildman–Crippen MR) is 69.9 cm³/mol. The Balaban J connectivity index is 2.48. The highest BCUT2D eigenvalue weighted by molar-refractivity contribution is 9.10. The zero-order valence-corrected chi connectivity index (χ0v) is 12.0. The second kappa shape index (κ2) is 5.71. The maximum absolute atomic E-state index is 13.7. The SMILES string of the molecule is Nc1cc(Br)cc(F)c1Oc1c(F)cc(C(F)(F)F)cc1F. The van der Waals surface area contributed by atoms with Gasteiger partial charge in [-0.25, -0.2) is 13.2 Å². The number of rotatable bonds is 2. The molecule has 0 aromatic heterocycles. The summed E-state index contributed by atoms with van der Waals surface area (Å²) >= 11 is 2.94. The summed E-state index contributed by atoms with van der Waals surface area (Å²) in [6.07, 6.45) is -4.93. The maximum atomic E-state index is 13.7. The van der Waals surface area contributed by atoms with Crippen LogP contribution in [0.15, 0.2) is 28.7 Å². The van der Waals surface area contributed by atoms with E-state index in [-0.39, 0.29) is 22.3 Å². The highest BCUT2D eigenvalue weighted by Crippen LogP contribution is 2.38. The predicted octanol–water partition coefficient (Wildman–Crippen LogP) is 5.26. The Hall–Kier alpha value is -1.90. The number of nitrogen functional groups attached to an aromatic ring is 1. The van der Waals surface area contributed by atoms with Crippen LogP contribution in [0.5, 0.6) is 11.5 Å². The number of halogens is 7. The third kappa shape index (κ3) is 3.29. The molecule has 0 spiro atoms. The van der Waals surface area contributed by atoms with E-state index in [1.54, 1.807) is 0 Å². The van der Waals surface area contributed by atoms with E-state index < -0.39 is 40.7 Å². The Morgan fingerprint density at radius 3 is 1.82 bits per heavy atom. The molecular weight excluding hydrogens is 380 g/mol. The van der Waals surface area contributed by atoms with Gasteiger partial charge in [-0.15, -0.1) is 0 Å². The van der Waals surface area contributed by atoms with Crippen molar-refractivity contribution in [3.8, 4) is 11.5 Å². The lowest BCUT2D eigenvalue weighted by atomic mass is 10.2. The van der Waals surface area contributed by atoms with Crippen molar-refractivity contribution in [2.75, 3.05) is 5.73 Å². The standard InChI is InChI=1S/C13H6BrF6NO/c14-6-3-9(17)12(10(21)4-6)22-11-7(15)1-5(2-8(11)16)13(18,19)20/h1-4H,21H2. The Morgan fingerprint density at radius 1 is 0.864 bits per heavy atom. The van der Waals surface area contributed by atoms with Crippen molar-refractivity contribution in [2.24, 2.45) is 0 Å². The van der Waals surface area contributed by atoms with E-state index in [2.05, 4.69) is 20.7 Å². The topological polar surface area (TPSA) is 35.2 Å². The number of hydrogen-bond acceptors (Lipinski definition) is 2. The van der Waals surface area contributed by atoms with Crippen molar-refractivity contribution in [3.05, 3.63) is 51.8 Å². The molecule has 2 aromatic carbocycles. The van der Waals surface area contributed by atoms with E-state index in [1.165, 1.54) is 6.07 Å². The van der Waals surface area contributed by atoms with Gasteiger partial charge in [0.2, 0.25) is 0 Å². The van der Waals surface area contributed by atoms with E-state index >= 15 is 0 Å². The Morgan fingerprint density at radius 2 is 1.36 bits per heavy atom. The van der Waals surface area contributed by atoms with Crippen LogP contribution in [0.1, 0.15) is 5.56 Å². The van der Waals surface area contributed by atoms with Gasteiger partial charge >= 0.3 is 6.18 Å². The molecule has 0 unspecified atom stereocenters. The molecule has 0 aliphatic heterocycles. The van der Waals surface area contributed by atoms with Gasteiger partial charge in [-0.05, 0) is 24.3 Å². The first-order valence-corrected chi connectivity index (χ1v) is 6.37. The van der Waals surface area contributed by atoms with Gasteiger partial charge in [-0.2, -0.15) is 13.2 Å². The minimum Gasteiger partial charge on any atom is -0.446 e. The first-order chi connectivity index (χ1) is 10.1. The van der Waals surface area contributed by atoms with Crippen molar-refractivity contribution in [1.29, 1.82) is 0 Å². The van der Waals surface area contributed by atoms with E-state index in [0.717, 1.165) is 6.07 Å². The summed E-state index contributed by atoms with van der Waals surface area (Å²) in [5.74, 6) is -6.17. The van der Waals surface area contributed by atoms with Gasteiger partial charge in [-0.3, -0.25) is 0 Å². The molecule has 2 N–H and O–H groups in total. The fourth-order valence-electron chi connectivity index (χ4n) is 1.61. The number of anilines is 1. The Labute approximate surface area is 128 Å². The number of nitrogens with two attached hydrogens (primary N) is 1. The van der Waals surface area contributed by atoms with Crippen LogP contribution in [0.4, 0.5) is 32.0 Å². The lowest BCUT2D eigenvalue weighted by Crippen LogP contribution is -2.07. The molecule has 0 bridgehead atoms. The minimum atomic E-state index is -4.93. The number of ether oxygens (including phenoxy) is 1. The molecule has 2 nitrogen and oxygen atoms in total. The third-order valence-electron chi connectivity index (χ3n) is 2.57. The lowest BCUT2D eigenvalue weighted by molar-refractivity contribution is -0.138. The molecule has 9 heteroatoms. The summed E-state index contributed by atoms with van der Waals surface area (Å²) in [6, 6.07) is 2.22. The fourth-order valence-corrected chi connectivity index (χ4v) is 2.06. The van der Waals surface area contributed by atoms with Gasteiger partial charge in [0, 0.05) is 4.47 Å². The molecule has 0 amide bonds. The molecule has 0 saturated heterocycles. The molecule has 22 heavy (non-hydrogen) atoms. The molecule has 0 saturated carbocycles. The van der Waals surface area contributed by atoms with Crippen molar-refractivity contribution >= 4 is 21.6 Å². The highest BCUT2D eigenvalue weighted by atomic mass is 79.9. The van der Waals surface area contributed by atoms with Crippen LogP contribution < -0.4 is 10.5 Å². The Bertz CT molecular complexity index is 685. The molecule has 0 heterocycles. The van der Waals surface area contributed by atoms with Crippen molar-refractivity contribution in [1.82, 2.24) is 0 Å². The van der Waals surface area contributed by atoms with E-state index in [9.17, 15) is 26.3 Å². The van der Waals surface area contributed by atoms with Gasteiger partial charge in [0.05, 0.1) is 11.3 Å². The maximum Gasteiger partial charge on any atom is 0.416 e. The van der Waals surface area contributed by atoms with Gasteiger partial charge in [0.1, 0.15) is 0 Å². The van der Waals surface area contributed by atoms with Crippen molar-refractivity contribution in [2.45, 2.75) is 6.18 Å². The summed E-state index contributed by atoms with van der Waals surface area (Å²) in [5, 5.41) is 0. The molecule has 0 aliphatic carbocycles. The summed E-state index contributed by atoms with van der Waals surface area (Å²) in [6.45, 7) is 0. The van der Waals surface area contributed by atoms with Crippen LogP contribution in [-0.4, -0.2) is 0 Å². The molecule has 2 aromatic rings. The first-order valence-electron chi connectivity index (χ1n) is 5.58.